The lowest BCUT2D eigenvalue weighted by atomic mass is 9.91. The number of nitrogens with one attached hydrogen (secondary N) is 1. The van der Waals surface area contributed by atoms with E-state index in [4.69, 9.17) is 4.74 Å². The van der Waals surface area contributed by atoms with Gasteiger partial charge in [-0.25, -0.2) is 4.39 Å². The zero-order valence-electron chi connectivity index (χ0n) is 19.0. The lowest BCUT2D eigenvalue weighted by molar-refractivity contribution is 0.0929. The molecule has 4 rings (SSSR count). The molecule has 1 aliphatic rings. The minimum absolute atomic E-state index is 0.00268. The zero-order chi connectivity index (χ0) is 23.2. The van der Waals surface area contributed by atoms with E-state index in [1.54, 1.807) is 12.1 Å². The van der Waals surface area contributed by atoms with Gasteiger partial charge in [0.1, 0.15) is 18.2 Å². The first-order chi connectivity index (χ1) is 16.0. The van der Waals surface area contributed by atoms with Crippen LogP contribution in [0.4, 0.5) is 10.1 Å². The molecule has 0 saturated carbocycles. The fourth-order valence-corrected chi connectivity index (χ4v) is 3.83. The van der Waals surface area contributed by atoms with Crippen LogP contribution in [0, 0.1) is 18.7 Å². The number of fused-ring (bicyclic) bond motifs is 1. The Bertz CT molecular complexity index is 1190. The highest BCUT2D eigenvalue weighted by Gasteiger charge is 2.19. The molecule has 0 aromatic heterocycles. The Kier molecular flexibility index (Phi) is 7.04. The third-order valence-electron chi connectivity index (χ3n) is 5.79. The monoisotopic (exact) mass is 441 g/mol. The van der Waals surface area contributed by atoms with Gasteiger partial charge < -0.3 is 10.1 Å². The third kappa shape index (κ3) is 5.78. The molecule has 0 aliphatic carbocycles. The molecule has 0 amide bonds. The second-order valence-electron chi connectivity index (χ2n) is 8.47. The molecule has 1 N–H and O–H groups in total. The number of carbonyl (C=O) groups excluding carboxylic acids is 1. The maximum atomic E-state index is 14.7. The van der Waals surface area contributed by atoms with Gasteiger partial charge in [-0.1, -0.05) is 67.1 Å². The van der Waals surface area contributed by atoms with E-state index in [2.05, 4.69) is 5.32 Å². The number of halogens is 1. The van der Waals surface area contributed by atoms with Gasteiger partial charge in [-0.2, -0.15) is 0 Å². The van der Waals surface area contributed by atoms with Crippen molar-refractivity contribution in [1.82, 2.24) is 0 Å². The van der Waals surface area contributed by atoms with Gasteiger partial charge in [0.05, 0.1) is 0 Å². The quantitative estimate of drug-likeness (QED) is 0.411. The molecule has 1 atom stereocenters. The van der Waals surface area contributed by atoms with Crippen molar-refractivity contribution in [2.24, 2.45) is 5.92 Å². The largest absolute Gasteiger partial charge is 0.489 e. The molecular formula is C29H28FNO2. The van der Waals surface area contributed by atoms with Crippen LogP contribution in [-0.2, 0) is 13.0 Å². The van der Waals surface area contributed by atoms with Crippen LogP contribution in [0.25, 0.3) is 6.08 Å². The van der Waals surface area contributed by atoms with E-state index < -0.39 is 0 Å². The van der Waals surface area contributed by atoms with E-state index in [-0.39, 0.29) is 17.5 Å². The average molecular weight is 442 g/mol. The topological polar surface area (TPSA) is 38.3 Å². The van der Waals surface area contributed by atoms with E-state index in [1.807, 2.05) is 80.6 Å². The number of hydrogen-bond acceptors (Lipinski definition) is 3. The number of carbonyl (C=O) groups is 1. The Balaban J connectivity index is 1.41. The third-order valence-corrected chi connectivity index (χ3v) is 5.79. The first-order valence-corrected chi connectivity index (χ1v) is 11.2. The molecule has 4 heteroatoms. The molecule has 0 fully saturated rings. The van der Waals surface area contributed by atoms with Crippen molar-refractivity contribution < 1.29 is 13.9 Å². The predicted octanol–water partition coefficient (Wildman–Crippen LogP) is 6.77. The van der Waals surface area contributed by atoms with Crippen LogP contribution < -0.4 is 10.1 Å². The highest BCUT2D eigenvalue weighted by atomic mass is 19.1. The van der Waals surface area contributed by atoms with Crippen molar-refractivity contribution in [2.45, 2.75) is 26.9 Å². The lowest BCUT2D eigenvalue weighted by Crippen LogP contribution is -2.15. The van der Waals surface area contributed by atoms with Gasteiger partial charge in [0.15, 0.2) is 5.78 Å². The second-order valence-corrected chi connectivity index (χ2v) is 8.47. The summed E-state index contributed by atoms with van der Waals surface area (Å²) < 4.78 is 20.5. The Morgan fingerprint density at radius 3 is 2.67 bits per heavy atom. The SMILES string of the molecule is Cc1ccc(COc2ccc(C[C@@H](C)C(=O)c3ccc4c(c3)/C=C\C=C\CN4)c(F)c2)cc1. The molecule has 33 heavy (non-hydrogen) atoms. The molecule has 0 unspecified atom stereocenters. The van der Waals surface area contributed by atoms with Gasteiger partial charge in [-0.05, 0) is 54.3 Å². The van der Waals surface area contributed by atoms with Crippen LogP contribution in [0.15, 0.2) is 78.9 Å². The van der Waals surface area contributed by atoms with Crippen molar-refractivity contribution in [3.63, 3.8) is 0 Å². The van der Waals surface area contributed by atoms with Gasteiger partial charge in [0.25, 0.3) is 0 Å². The number of Topliss-reactive ketones (excluding diaryl/α,β-unsaturated/α-hetero) is 1. The number of anilines is 1. The molecule has 1 aliphatic heterocycles. The Hall–Kier alpha value is -3.66. The zero-order valence-corrected chi connectivity index (χ0v) is 19.0. The van der Waals surface area contributed by atoms with E-state index in [0.717, 1.165) is 23.4 Å². The van der Waals surface area contributed by atoms with Gasteiger partial charge in [0.2, 0.25) is 0 Å². The number of ketones is 1. The summed E-state index contributed by atoms with van der Waals surface area (Å²) in [4.78, 5) is 13.0. The first-order valence-electron chi connectivity index (χ1n) is 11.2. The first kappa shape index (κ1) is 22.5. The second kappa shape index (κ2) is 10.3. The van der Waals surface area contributed by atoms with E-state index in [1.165, 1.54) is 11.6 Å². The standard InChI is InChI=1S/C29H28FNO2/c1-20-7-9-22(10-8-20)19-33-26-13-11-23(27(30)18-26)16-21(2)29(32)25-12-14-28-24(17-25)6-4-3-5-15-31-28/h3-14,17-18,21,31H,15-16,19H2,1-2H3/b5-3+,6-4-/t21-/m1/s1. The summed E-state index contributed by atoms with van der Waals surface area (Å²) in [7, 11) is 0. The number of allylic oxidation sites excluding steroid dienone is 2. The number of hydrogen-bond donors (Lipinski definition) is 1. The highest BCUT2D eigenvalue weighted by molar-refractivity contribution is 5.99. The summed E-state index contributed by atoms with van der Waals surface area (Å²) in [5, 5.41) is 3.33. The molecule has 3 nitrogen and oxygen atoms in total. The lowest BCUT2D eigenvalue weighted by Gasteiger charge is -2.15. The number of benzene rings is 3. The van der Waals surface area contributed by atoms with Crippen molar-refractivity contribution >= 4 is 17.5 Å². The molecule has 3 aromatic carbocycles. The summed E-state index contributed by atoms with van der Waals surface area (Å²) >= 11 is 0. The summed E-state index contributed by atoms with van der Waals surface area (Å²) in [6, 6.07) is 18.6. The summed E-state index contributed by atoms with van der Waals surface area (Å²) in [5.74, 6) is -0.218. The molecule has 0 spiro atoms. The van der Waals surface area contributed by atoms with Crippen LogP contribution in [-0.4, -0.2) is 12.3 Å². The average Bonchev–Trinajstić information content (AvgIpc) is 2.80. The summed E-state index contributed by atoms with van der Waals surface area (Å²) in [6.07, 6.45) is 8.29. The van der Waals surface area contributed by atoms with E-state index in [0.29, 0.717) is 29.9 Å². The summed E-state index contributed by atoms with van der Waals surface area (Å²) in [5.41, 5.74) is 5.32. The normalized spacial score (nSPS) is 15.4. The van der Waals surface area contributed by atoms with Crippen LogP contribution in [0.3, 0.4) is 0 Å². The van der Waals surface area contributed by atoms with Crippen molar-refractivity contribution in [3.05, 3.63) is 113 Å². The van der Waals surface area contributed by atoms with E-state index in [9.17, 15) is 9.18 Å². The van der Waals surface area contributed by atoms with Crippen LogP contribution >= 0.6 is 0 Å². The van der Waals surface area contributed by atoms with Crippen molar-refractivity contribution in [3.8, 4) is 5.75 Å². The molecule has 0 bridgehead atoms. The number of rotatable bonds is 7. The maximum Gasteiger partial charge on any atom is 0.166 e. The Morgan fingerprint density at radius 2 is 1.88 bits per heavy atom. The van der Waals surface area contributed by atoms with Gasteiger partial charge in [-0.15, -0.1) is 0 Å². The smallest absolute Gasteiger partial charge is 0.166 e. The van der Waals surface area contributed by atoms with Gasteiger partial charge in [0, 0.05) is 29.8 Å². The summed E-state index contributed by atoms with van der Waals surface area (Å²) in [6.45, 7) is 5.00. The van der Waals surface area contributed by atoms with Crippen LogP contribution in [0.5, 0.6) is 5.75 Å². The van der Waals surface area contributed by atoms with Crippen LogP contribution in [0.1, 0.15) is 39.5 Å². The molecule has 0 saturated heterocycles. The molecule has 168 valence electrons. The fraction of sp³-hybridized carbons (Fsp3) is 0.207. The molecule has 3 aromatic rings. The molecule has 1 heterocycles. The minimum Gasteiger partial charge on any atom is -0.489 e. The number of ether oxygens (including phenoxy) is 1. The Labute approximate surface area is 194 Å². The number of aryl methyl sites for hydroxylation is 1. The maximum absolute atomic E-state index is 14.7. The van der Waals surface area contributed by atoms with E-state index >= 15 is 0 Å². The van der Waals surface area contributed by atoms with Gasteiger partial charge >= 0.3 is 0 Å². The van der Waals surface area contributed by atoms with Crippen LogP contribution in [0.2, 0.25) is 0 Å². The van der Waals surface area contributed by atoms with Gasteiger partial charge in [-0.3, -0.25) is 4.79 Å². The fourth-order valence-electron chi connectivity index (χ4n) is 3.83. The highest BCUT2D eigenvalue weighted by Crippen LogP contribution is 2.25. The van der Waals surface area contributed by atoms with Crippen molar-refractivity contribution in [2.75, 3.05) is 11.9 Å². The molecular weight excluding hydrogens is 413 g/mol. The minimum atomic E-state index is -0.354. The molecule has 0 radical (unpaired) electrons. The van der Waals surface area contributed by atoms with Crippen molar-refractivity contribution in [1.29, 1.82) is 0 Å². The Morgan fingerprint density at radius 1 is 1.06 bits per heavy atom. The predicted molar refractivity (Wildman–Crippen MR) is 132 cm³/mol.